The number of rotatable bonds is 6. The summed E-state index contributed by atoms with van der Waals surface area (Å²) in [4.78, 5) is 3.38. The van der Waals surface area contributed by atoms with Crippen molar-refractivity contribution in [3.63, 3.8) is 0 Å². The van der Waals surface area contributed by atoms with E-state index >= 15 is 0 Å². The maximum atomic E-state index is 13.5. The largest absolute Gasteiger partial charge is 0.416 e. The maximum absolute atomic E-state index is 13.5. The topological polar surface area (TPSA) is 42.3 Å². The first-order valence-electron chi connectivity index (χ1n) is 9.33. The van der Waals surface area contributed by atoms with Gasteiger partial charge in [0.15, 0.2) is 0 Å². The van der Waals surface area contributed by atoms with E-state index in [2.05, 4.69) is 0 Å². The molecule has 1 aromatic heterocycles. The Bertz CT molecular complexity index is 1220. The number of hydrogen-bond acceptors (Lipinski definition) is 5. The molecule has 0 spiro atoms. The Morgan fingerprint density at radius 1 is 1.10 bits per heavy atom. The number of hydrogen-bond donors (Lipinski definition) is 0. The second-order valence-electron chi connectivity index (χ2n) is 7.27. The van der Waals surface area contributed by atoms with Gasteiger partial charge < -0.3 is 0 Å². The molecule has 0 aliphatic carbocycles. The van der Waals surface area contributed by atoms with Crippen molar-refractivity contribution in [1.82, 2.24) is 8.87 Å². The highest BCUT2D eigenvalue weighted by Crippen LogP contribution is 2.40. The molecule has 4 nitrogen and oxygen atoms in total. The van der Waals surface area contributed by atoms with Gasteiger partial charge in [0, 0.05) is 20.9 Å². The highest BCUT2D eigenvalue weighted by Gasteiger charge is 2.33. The Hall–Kier alpha value is -1.62. The molecular formula is C21H23F3N2O2S3. The maximum Gasteiger partial charge on any atom is 0.416 e. The first-order chi connectivity index (χ1) is 14.4. The van der Waals surface area contributed by atoms with Crippen molar-refractivity contribution in [2.45, 2.75) is 40.1 Å². The molecule has 0 saturated heterocycles. The SMILES string of the molecule is CSc1ccc2c(c1)c(SC(C)N(C)C)c(C)n2S(=O)(=O)c1cccc(C(F)(F)F)c1. The summed E-state index contributed by atoms with van der Waals surface area (Å²) in [6, 6.07) is 9.32. The zero-order valence-corrected chi connectivity index (χ0v) is 20.1. The summed E-state index contributed by atoms with van der Waals surface area (Å²) >= 11 is 3.06. The van der Waals surface area contributed by atoms with Crippen LogP contribution in [0, 0.1) is 6.92 Å². The minimum Gasteiger partial charge on any atom is -0.298 e. The van der Waals surface area contributed by atoms with E-state index in [0.29, 0.717) is 17.3 Å². The first-order valence-corrected chi connectivity index (χ1v) is 12.9. The molecule has 0 fully saturated rings. The van der Waals surface area contributed by atoms with Crippen LogP contribution < -0.4 is 0 Å². The minimum absolute atomic E-state index is 0.0620. The normalized spacial score (nSPS) is 13.8. The lowest BCUT2D eigenvalue weighted by Crippen LogP contribution is -2.21. The van der Waals surface area contributed by atoms with Crippen LogP contribution in [0.15, 0.2) is 57.2 Å². The van der Waals surface area contributed by atoms with Crippen molar-refractivity contribution < 1.29 is 21.6 Å². The van der Waals surface area contributed by atoms with Crippen LogP contribution in [-0.4, -0.2) is 43.0 Å². The number of thioether (sulfide) groups is 2. The molecule has 3 rings (SSSR count). The number of nitrogens with zero attached hydrogens (tertiary/aromatic N) is 2. The fourth-order valence-electron chi connectivity index (χ4n) is 3.14. The summed E-state index contributed by atoms with van der Waals surface area (Å²) in [7, 11) is -0.392. The third-order valence-electron chi connectivity index (χ3n) is 5.02. The molecule has 0 bridgehead atoms. The van der Waals surface area contributed by atoms with Crippen molar-refractivity contribution in [2.75, 3.05) is 20.4 Å². The van der Waals surface area contributed by atoms with Crippen LogP contribution >= 0.6 is 23.5 Å². The van der Waals surface area contributed by atoms with Gasteiger partial charge >= 0.3 is 6.18 Å². The molecule has 0 N–H and O–H groups in total. The zero-order valence-electron chi connectivity index (χ0n) is 17.7. The third kappa shape index (κ3) is 4.62. The fraction of sp³-hybridized carbons (Fsp3) is 0.333. The quantitative estimate of drug-likeness (QED) is 0.318. The Kier molecular flexibility index (Phi) is 6.76. The second kappa shape index (κ2) is 8.73. The van der Waals surface area contributed by atoms with Crippen LogP contribution in [0.3, 0.4) is 0 Å². The predicted molar refractivity (Wildman–Crippen MR) is 121 cm³/mol. The molecule has 31 heavy (non-hydrogen) atoms. The lowest BCUT2D eigenvalue weighted by molar-refractivity contribution is -0.137. The smallest absolute Gasteiger partial charge is 0.298 e. The molecule has 1 unspecified atom stereocenters. The Balaban J connectivity index is 2.28. The summed E-state index contributed by atoms with van der Waals surface area (Å²) in [5, 5.41) is 0.825. The fourth-order valence-corrected chi connectivity index (χ4v) is 6.35. The van der Waals surface area contributed by atoms with E-state index < -0.39 is 26.7 Å². The lowest BCUT2D eigenvalue weighted by Gasteiger charge is -2.19. The highest BCUT2D eigenvalue weighted by molar-refractivity contribution is 8.00. The molecule has 0 aliphatic heterocycles. The van der Waals surface area contributed by atoms with Gasteiger partial charge in [-0.2, -0.15) is 13.2 Å². The molecular weight excluding hydrogens is 465 g/mol. The van der Waals surface area contributed by atoms with Gasteiger partial charge in [-0.3, -0.25) is 4.90 Å². The van der Waals surface area contributed by atoms with Crippen molar-refractivity contribution in [3.8, 4) is 0 Å². The average Bonchev–Trinajstić information content (AvgIpc) is 2.98. The molecule has 10 heteroatoms. The van der Waals surface area contributed by atoms with Crippen LogP contribution in [0.4, 0.5) is 13.2 Å². The average molecular weight is 489 g/mol. The Morgan fingerprint density at radius 2 is 1.77 bits per heavy atom. The molecule has 1 atom stereocenters. The number of aromatic nitrogens is 1. The van der Waals surface area contributed by atoms with Crippen LogP contribution in [0.2, 0.25) is 0 Å². The van der Waals surface area contributed by atoms with E-state index in [1.807, 2.05) is 44.3 Å². The van der Waals surface area contributed by atoms with Crippen LogP contribution in [-0.2, 0) is 16.2 Å². The summed E-state index contributed by atoms with van der Waals surface area (Å²) in [6.45, 7) is 3.70. The highest BCUT2D eigenvalue weighted by atomic mass is 32.2. The van der Waals surface area contributed by atoms with Gasteiger partial charge in [0.25, 0.3) is 10.0 Å². The zero-order chi connectivity index (χ0) is 23.1. The molecule has 1 heterocycles. The van der Waals surface area contributed by atoms with E-state index in [9.17, 15) is 21.6 Å². The summed E-state index contributed by atoms with van der Waals surface area (Å²) in [6.07, 6.45) is -2.70. The van der Waals surface area contributed by atoms with Crippen molar-refractivity contribution in [3.05, 3.63) is 53.7 Å². The molecule has 0 saturated carbocycles. The Labute approximate surface area is 188 Å². The van der Waals surface area contributed by atoms with Crippen molar-refractivity contribution >= 4 is 44.4 Å². The second-order valence-corrected chi connectivity index (χ2v) is 11.3. The molecule has 0 aliphatic rings. The van der Waals surface area contributed by atoms with Gasteiger partial charge in [-0.1, -0.05) is 6.07 Å². The van der Waals surface area contributed by atoms with Gasteiger partial charge in [-0.15, -0.1) is 23.5 Å². The van der Waals surface area contributed by atoms with Gasteiger partial charge in [0.2, 0.25) is 0 Å². The van der Waals surface area contributed by atoms with Crippen LogP contribution in [0.25, 0.3) is 10.9 Å². The van der Waals surface area contributed by atoms with E-state index in [0.717, 1.165) is 31.3 Å². The van der Waals surface area contributed by atoms with E-state index in [4.69, 9.17) is 0 Å². The Morgan fingerprint density at radius 3 is 2.35 bits per heavy atom. The van der Waals surface area contributed by atoms with Crippen molar-refractivity contribution in [1.29, 1.82) is 0 Å². The van der Waals surface area contributed by atoms with Crippen LogP contribution in [0.1, 0.15) is 18.2 Å². The number of halogens is 3. The molecule has 0 radical (unpaired) electrons. The molecule has 2 aromatic carbocycles. The number of alkyl halides is 3. The summed E-state index contributed by atoms with van der Waals surface area (Å²) in [5.41, 5.74) is -0.0753. The lowest BCUT2D eigenvalue weighted by atomic mass is 10.2. The van der Waals surface area contributed by atoms with E-state index in [1.54, 1.807) is 13.0 Å². The number of benzene rings is 2. The van der Waals surface area contributed by atoms with E-state index in [-0.39, 0.29) is 5.37 Å². The standard InChI is InChI=1S/C21H23F3N2O2S3/c1-13-20(30-14(2)25(3)4)18-12-16(29-5)9-10-19(18)26(13)31(27,28)17-8-6-7-15(11-17)21(22,23)24/h6-12,14H,1-5H3. The first kappa shape index (κ1) is 24.0. The van der Waals surface area contributed by atoms with Gasteiger partial charge in [0.1, 0.15) is 0 Å². The van der Waals surface area contributed by atoms with Gasteiger partial charge in [0.05, 0.1) is 21.3 Å². The number of fused-ring (bicyclic) bond motifs is 1. The predicted octanol–water partition coefficient (Wildman–Crippen LogP) is 5.93. The summed E-state index contributed by atoms with van der Waals surface area (Å²) < 4.78 is 67.7. The third-order valence-corrected chi connectivity index (χ3v) is 9.06. The van der Waals surface area contributed by atoms with Crippen molar-refractivity contribution in [2.24, 2.45) is 0 Å². The summed E-state index contributed by atoms with van der Waals surface area (Å²) in [5.74, 6) is 0. The van der Waals surface area contributed by atoms with Gasteiger partial charge in [-0.25, -0.2) is 12.4 Å². The monoisotopic (exact) mass is 488 g/mol. The molecule has 168 valence electrons. The van der Waals surface area contributed by atoms with E-state index in [1.165, 1.54) is 29.6 Å². The molecule has 0 amide bonds. The van der Waals surface area contributed by atoms with Crippen LogP contribution in [0.5, 0.6) is 0 Å². The van der Waals surface area contributed by atoms with Gasteiger partial charge in [-0.05, 0) is 70.6 Å². The minimum atomic E-state index is -4.63. The molecule has 3 aromatic rings.